The van der Waals surface area contributed by atoms with Crippen molar-refractivity contribution in [2.24, 2.45) is 4.99 Å². The molecule has 0 saturated heterocycles. The highest BCUT2D eigenvalue weighted by Crippen LogP contribution is 2.35. The van der Waals surface area contributed by atoms with Crippen molar-refractivity contribution in [1.29, 1.82) is 0 Å². The topological polar surface area (TPSA) is 66.6 Å². The van der Waals surface area contributed by atoms with Gasteiger partial charge in [0, 0.05) is 17.4 Å². The molecule has 0 unspecified atom stereocenters. The van der Waals surface area contributed by atoms with Crippen molar-refractivity contribution in [3.63, 3.8) is 0 Å². The van der Waals surface area contributed by atoms with Crippen molar-refractivity contribution in [3.05, 3.63) is 74.3 Å². The van der Waals surface area contributed by atoms with Crippen LogP contribution in [0.4, 0.5) is 10.1 Å². The molecule has 0 fully saturated rings. The Bertz CT molecular complexity index is 1180. The number of rotatable bonds is 3. The van der Waals surface area contributed by atoms with Crippen LogP contribution in [0.2, 0.25) is 0 Å². The standard InChI is InChI=1S/C19H12FN3O2S2/c20-14-7-3-1-6-13(14)17(24)22-23-18(25)16(27-19(23)26)9-11-10-21-15-8-4-2-5-12(11)15/h1-10,25H,(H,22,24)/b11-9+. The van der Waals surface area contributed by atoms with Gasteiger partial charge in [-0.15, -0.1) is 0 Å². The van der Waals surface area contributed by atoms with Crippen LogP contribution < -0.4 is 5.43 Å². The van der Waals surface area contributed by atoms with Gasteiger partial charge in [0.25, 0.3) is 5.91 Å². The summed E-state index contributed by atoms with van der Waals surface area (Å²) in [6, 6.07) is 13.2. The molecule has 2 heterocycles. The summed E-state index contributed by atoms with van der Waals surface area (Å²) < 4.78 is 15.1. The maximum atomic E-state index is 13.8. The van der Waals surface area contributed by atoms with Gasteiger partial charge in [-0.25, -0.2) is 4.39 Å². The number of fused-ring (bicyclic) bond motifs is 1. The van der Waals surface area contributed by atoms with Crippen LogP contribution >= 0.6 is 23.6 Å². The van der Waals surface area contributed by atoms with E-state index >= 15 is 0 Å². The molecule has 1 aliphatic heterocycles. The average molecular weight is 397 g/mol. The maximum Gasteiger partial charge on any atom is 0.273 e. The number of hydrogen-bond donors (Lipinski definition) is 2. The summed E-state index contributed by atoms with van der Waals surface area (Å²) in [7, 11) is 0. The first-order chi connectivity index (χ1) is 13.0. The number of carbonyl (C=O) groups excluding carboxylic acids is 1. The third-order valence-electron chi connectivity index (χ3n) is 3.99. The lowest BCUT2D eigenvalue weighted by Crippen LogP contribution is -2.23. The number of aromatic hydroxyl groups is 1. The van der Waals surface area contributed by atoms with E-state index in [2.05, 4.69) is 10.4 Å². The zero-order chi connectivity index (χ0) is 19.0. The van der Waals surface area contributed by atoms with Crippen molar-refractivity contribution in [2.45, 2.75) is 0 Å². The lowest BCUT2D eigenvalue weighted by Gasteiger charge is -2.08. The Morgan fingerprint density at radius 2 is 1.96 bits per heavy atom. The van der Waals surface area contributed by atoms with Crippen molar-refractivity contribution in [3.8, 4) is 5.88 Å². The molecule has 0 aliphatic carbocycles. The number of aromatic nitrogens is 1. The van der Waals surface area contributed by atoms with E-state index in [-0.39, 0.29) is 15.4 Å². The molecule has 1 aromatic heterocycles. The smallest absolute Gasteiger partial charge is 0.273 e. The molecule has 134 valence electrons. The highest BCUT2D eigenvalue weighted by molar-refractivity contribution is 7.73. The van der Waals surface area contributed by atoms with Crippen LogP contribution in [0.3, 0.4) is 0 Å². The van der Waals surface area contributed by atoms with Crippen molar-refractivity contribution in [1.82, 2.24) is 4.68 Å². The monoisotopic (exact) mass is 397 g/mol. The van der Waals surface area contributed by atoms with Crippen LogP contribution in [-0.4, -0.2) is 21.9 Å². The summed E-state index contributed by atoms with van der Waals surface area (Å²) in [5.74, 6) is -1.58. The highest BCUT2D eigenvalue weighted by atomic mass is 32.1. The van der Waals surface area contributed by atoms with E-state index in [9.17, 15) is 14.3 Å². The molecule has 0 saturated carbocycles. The second kappa shape index (κ2) is 6.90. The van der Waals surface area contributed by atoms with Crippen LogP contribution in [0.15, 0.2) is 53.5 Å². The molecular formula is C19H12FN3O2S2. The Morgan fingerprint density at radius 3 is 2.78 bits per heavy atom. The van der Waals surface area contributed by atoms with E-state index in [1.54, 1.807) is 18.4 Å². The van der Waals surface area contributed by atoms with E-state index in [4.69, 9.17) is 12.2 Å². The lowest BCUT2D eigenvalue weighted by atomic mass is 10.1. The van der Waals surface area contributed by atoms with Crippen LogP contribution in [-0.2, 0) is 0 Å². The molecule has 1 aliphatic rings. The molecule has 0 spiro atoms. The number of hydrogen-bond acceptors (Lipinski definition) is 5. The second-order valence-electron chi connectivity index (χ2n) is 5.69. The molecule has 5 nitrogen and oxygen atoms in total. The van der Waals surface area contributed by atoms with Gasteiger partial charge in [-0.2, -0.15) is 4.68 Å². The number of nitrogens with zero attached hydrogens (tertiary/aromatic N) is 2. The third-order valence-corrected chi connectivity index (χ3v) is 5.30. The fourth-order valence-electron chi connectivity index (χ4n) is 2.68. The number of carbonyl (C=O) groups is 1. The van der Waals surface area contributed by atoms with Gasteiger partial charge < -0.3 is 5.11 Å². The van der Waals surface area contributed by atoms with Gasteiger partial charge in [0.15, 0.2) is 3.95 Å². The predicted octanol–water partition coefficient (Wildman–Crippen LogP) is 4.76. The second-order valence-corrected chi connectivity index (χ2v) is 7.36. The molecular weight excluding hydrogens is 385 g/mol. The molecule has 8 heteroatoms. The summed E-state index contributed by atoms with van der Waals surface area (Å²) in [6.07, 6.45) is 3.45. The first kappa shape index (κ1) is 17.3. The van der Waals surface area contributed by atoms with E-state index in [1.165, 1.54) is 18.2 Å². The van der Waals surface area contributed by atoms with E-state index in [1.807, 2.05) is 24.3 Å². The molecule has 3 aromatic rings. The first-order valence-electron chi connectivity index (χ1n) is 7.90. The minimum absolute atomic E-state index is 0.137. The number of nitrogens with one attached hydrogen (secondary N) is 1. The molecule has 27 heavy (non-hydrogen) atoms. The summed E-state index contributed by atoms with van der Waals surface area (Å²) in [4.78, 5) is 17.1. The maximum absolute atomic E-state index is 13.8. The number of benzene rings is 2. The number of thiazole rings is 1. The number of para-hydroxylation sites is 1. The SMILES string of the molecule is O=C(Nn1c(O)c(/C=C2\C=Nc3ccccc32)sc1=S)c1ccccc1F. The van der Waals surface area contributed by atoms with Gasteiger partial charge in [0.2, 0.25) is 5.88 Å². The van der Waals surface area contributed by atoms with Gasteiger partial charge in [0.05, 0.1) is 16.1 Å². The number of halogens is 1. The van der Waals surface area contributed by atoms with Gasteiger partial charge >= 0.3 is 0 Å². The Kier molecular flexibility index (Phi) is 4.43. The van der Waals surface area contributed by atoms with Gasteiger partial charge in [-0.05, 0) is 36.5 Å². The number of aliphatic imine (C=N–C) groups is 1. The van der Waals surface area contributed by atoms with Gasteiger partial charge in [-0.3, -0.25) is 15.2 Å². The highest BCUT2D eigenvalue weighted by Gasteiger charge is 2.18. The predicted molar refractivity (Wildman–Crippen MR) is 107 cm³/mol. The minimum Gasteiger partial charge on any atom is -0.492 e. The summed E-state index contributed by atoms with van der Waals surface area (Å²) in [5, 5.41) is 10.5. The minimum atomic E-state index is -0.704. The van der Waals surface area contributed by atoms with E-state index in [0.29, 0.717) is 4.88 Å². The Morgan fingerprint density at radius 1 is 1.22 bits per heavy atom. The Hall–Kier alpha value is -3.10. The Labute approximate surface area is 162 Å². The van der Waals surface area contributed by atoms with Crippen molar-refractivity contribution >= 4 is 53.0 Å². The van der Waals surface area contributed by atoms with Crippen LogP contribution in [0.1, 0.15) is 20.8 Å². The van der Waals surface area contributed by atoms with E-state index < -0.39 is 11.7 Å². The van der Waals surface area contributed by atoms with Crippen molar-refractivity contribution < 1.29 is 14.3 Å². The zero-order valence-corrected chi connectivity index (χ0v) is 15.4. The molecule has 2 aromatic carbocycles. The first-order valence-corrected chi connectivity index (χ1v) is 9.13. The largest absolute Gasteiger partial charge is 0.492 e. The molecule has 4 rings (SSSR count). The third kappa shape index (κ3) is 3.20. The molecule has 2 N–H and O–H groups in total. The van der Waals surface area contributed by atoms with Crippen molar-refractivity contribution in [2.75, 3.05) is 5.43 Å². The van der Waals surface area contributed by atoms with Crippen LogP contribution in [0.5, 0.6) is 5.88 Å². The zero-order valence-electron chi connectivity index (χ0n) is 13.7. The average Bonchev–Trinajstić information content (AvgIpc) is 3.19. The number of amides is 1. The van der Waals surface area contributed by atoms with Crippen LogP contribution in [0.25, 0.3) is 11.6 Å². The summed E-state index contributed by atoms with van der Waals surface area (Å²) in [6.45, 7) is 0. The fraction of sp³-hybridized carbons (Fsp3) is 0. The molecule has 1 amide bonds. The van der Waals surface area contributed by atoms with Crippen LogP contribution in [0, 0.1) is 9.77 Å². The number of allylic oxidation sites excluding steroid dienone is 1. The quantitative estimate of drug-likeness (QED) is 0.626. The van der Waals surface area contributed by atoms with Gasteiger partial charge in [0.1, 0.15) is 5.82 Å². The molecule has 0 radical (unpaired) electrons. The summed E-state index contributed by atoms with van der Waals surface area (Å²) in [5.41, 5.74) is 4.91. The van der Waals surface area contributed by atoms with Gasteiger partial charge in [-0.1, -0.05) is 41.7 Å². The summed E-state index contributed by atoms with van der Waals surface area (Å²) >= 11 is 6.36. The fourth-order valence-corrected chi connectivity index (χ4v) is 3.86. The van der Waals surface area contributed by atoms with E-state index in [0.717, 1.165) is 32.8 Å². The molecule has 0 atom stereocenters. The lowest BCUT2D eigenvalue weighted by molar-refractivity contribution is 0.100. The molecule has 0 bridgehead atoms. The Balaban J connectivity index is 1.67. The normalized spacial score (nSPS) is 13.7.